The van der Waals surface area contributed by atoms with Crippen LogP contribution in [-0.4, -0.2) is 18.2 Å². The molecule has 0 unspecified atom stereocenters. The van der Waals surface area contributed by atoms with Gasteiger partial charge in [0.25, 0.3) is 0 Å². The van der Waals surface area contributed by atoms with Crippen LogP contribution in [0.2, 0.25) is 0 Å². The Labute approximate surface area is 184 Å². The van der Waals surface area contributed by atoms with E-state index in [9.17, 15) is 9.18 Å². The van der Waals surface area contributed by atoms with Gasteiger partial charge in [0.05, 0.1) is 5.92 Å². The van der Waals surface area contributed by atoms with Crippen molar-refractivity contribution >= 4 is 5.97 Å². The van der Waals surface area contributed by atoms with Crippen molar-refractivity contribution in [2.24, 2.45) is 23.7 Å². The molecule has 3 rings (SSSR count). The topological polar surface area (TPSA) is 26.3 Å². The van der Waals surface area contributed by atoms with Crippen LogP contribution in [0.5, 0.6) is 0 Å². The van der Waals surface area contributed by atoms with Crippen molar-refractivity contribution in [3.05, 3.63) is 0 Å². The van der Waals surface area contributed by atoms with Crippen molar-refractivity contribution in [1.82, 2.24) is 0 Å². The molecule has 2 nitrogen and oxygen atoms in total. The van der Waals surface area contributed by atoms with E-state index in [0.29, 0.717) is 37.5 Å². The second-order valence-corrected chi connectivity index (χ2v) is 10.2. The molecular weight excluding hydrogens is 375 g/mol. The molecule has 30 heavy (non-hydrogen) atoms. The molecular formula is C27H43FO2. The third kappa shape index (κ3) is 7.90. The first-order valence-electron chi connectivity index (χ1n) is 13.0. The number of unbranched alkanes of at least 4 members (excludes halogenated alkanes) is 3. The first-order chi connectivity index (χ1) is 14.6. The fourth-order valence-electron chi connectivity index (χ4n) is 5.56. The van der Waals surface area contributed by atoms with Crippen LogP contribution < -0.4 is 0 Å². The van der Waals surface area contributed by atoms with Crippen LogP contribution >= 0.6 is 0 Å². The van der Waals surface area contributed by atoms with Crippen molar-refractivity contribution in [2.45, 2.75) is 128 Å². The first-order valence-corrected chi connectivity index (χ1v) is 13.0. The third-order valence-corrected chi connectivity index (χ3v) is 7.75. The van der Waals surface area contributed by atoms with E-state index in [1.807, 2.05) is 0 Å². The zero-order valence-corrected chi connectivity index (χ0v) is 19.2. The van der Waals surface area contributed by atoms with Crippen LogP contribution in [0.1, 0.15) is 116 Å². The van der Waals surface area contributed by atoms with Crippen LogP contribution in [0.25, 0.3) is 0 Å². The summed E-state index contributed by atoms with van der Waals surface area (Å²) in [5.41, 5.74) is 0. The molecule has 0 spiro atoms. The summed E-state index contributed by atoms with van der Waals surface area (Å²) in [4.78, 5) is 12.4. The molecule has 0 saturated heterocycles. The van der Waals surface area contributed by atoms with Gasteiger partial charge in [0, 0.05) is 11.8 Å². The zero-order chi connectivity index (χ0) is 21.2. The van der Waals surface area contributed by atoms with Gasteiger partial charge in [-0.05, 0) is 83.0 Å². The van der Waals surface area contributed by atoms with Crippen LogP contribution in [-0.2, 0) is 9.53 Å². The van der Waals surface area contributed by atoms with E-state index in [1.165, 1.54) is 57.8 Å². The Morgan fingerprint density at radius 3 is 2.00 bits per heavy atom. The van der Waals surface area contributed by atoms with E-state index >= 15 is 0 Å². The SMILES string of the molecule is CCCCCCC1CCC(C#CC2CCC(C(=O)OC3CCC(F)CC3)CC2)CC1. The van der Waals surface area contributed by atoms with Crippen LogP contribution in [0.4, 0.5) is 4.39 Å². The van der Waals surface area contributed by atoms with Crippen molar-refractivity contribution in [1.29, 1.82) is 0 Å². The lowest BCUT2D eigenvalue weighted by molar-refractivity contribution is -0.157. The smallest absolute Gasteiger partial charge is 0.309 e. The summed E-state index contributed by atoms with van der Waals surface area (Å²) < 4.78 is 18.9. The highest BCUT2D eigenvalue weighted by Gasteiger charge is 2.30. The molecule has 3 heteroatoms. The van der Waals surface area contributed by atoms with Crippen molar-refractivity contribution in [2.75, 3.05) is 0 Å². The molecule has 0 radical (unpaired) electrons. The summed E-state index contributed by atoms with van der Waals surface area (Å²) in [6, 6.07) is 0. The van der Waals surface area contributed by atoms with E-state index in [0.717, 1.165) is 31.6 Å². The Kier molecular flexibility index (Phi) is 10.0. The maximum atomic E-state index is 13.2. The molecule has 3 fully saturated rings. The van der Waals surface area contributed by atoms with E-state index < -0.39 is 6.17 Å². The Morgan fingerprint density at radius 1 is 0.800 bits per heavy atom. The zero-order valence-electron chi connectivity index (χ0n) is 19.2. The number of ether oxygens (including phenoxy) is 1. The fraction of sp³-hybridized carbons (Fsp3) is 0.889. The van der Waals surface area contributed by atoms with Crippen LogP contribution in [0.3, 0.4) is 0 Å². The fourth-order valence-corrected chi connectivity index (χ4v) is 5.56. The summed E-state index contributed by atoms with van der Waals surface area (Å²) in [5.74, 6) is 9.17. The van der Waals surface area contributed by atoms with Gasteiger partial charge >= 0.3 is 5.97 Å². The summed E-state index contributed by atoms with van der Waals surface area (Å²) in [5, 5.41) is 0. The average molecular weight is 419 g/mol. The van der Waals surface area contributed by atoms with Gasteiger partial charge in [0.1, 0.15) is 12.3 Å². The summed E-state index contributed by atoms with van der Waals surface area (Å²) >= 11 is 0. The summed E-state index contributed by atoms with van der Waals surface area (Å²) in [6.45, 7) is 2.28. The minimum absolute atomic E-state index is 0.0364. The van der Waals surface area contributed by atoms with Gasteiger partial charge in [0.15, 0.2) is 0 Å². The minimum atomic E-state index is -0.699. The minimum Gasteiger partial charge on any atom is -0.462 e. The highest BCUT2D eigenvalue weighted by Crippen LogP contribution is 2.34. The van der Waals surface area contributed by atoms with Gasteiger partial charge < -0.3 is 4.74 Å². The molecule has 0 aromatic heterocycles. The Hall–Kier alpha value is -1.04. The molecule has 0 aliphatic heterocycles. The number of hydrogen-bond donors (Lipinski definition) is 0. The molecule has 3 aliphatic rings. The van der Waals surface area contributed by atoms with Crippen molar-refractivity contribution in [3.63, 3.8) is 0 Å². The molecule has 3 aliphatic carbocycles. The summed E-state index contributed by atoms with van der Waals surface area (Å²) in [7, 11) is 0. The van der Waals surface area contributed by atoms with Crippen LogP contribution in [0, 0.1) is 35.5 Å². The molecule has 0 heterocycles. The highest BCUT2D eigenvalue weighted by molar-refractivity contribution is 5.72. The maximum absolute atomic E-state index is 13.2. The van der Waals surface area contributed by atoms with E-state index in [-0.39, 0.29) is 18.0 Å². The molecule has 0 amide bonds. The molecule has 0 atom stereocenters. The Balaban J connectivity index is 1.30. The molecule has 0 N–H and O–H groups in total. The number of carbonyl (C=O) groups excluding carboxylic acids is 1. The Morgan fingerprint density at radius 2 is 1.40 bits per heavy atom. The third-order valence-electron chi connectivity index (χ3n) is 7.75. The van der Waals surface area contributed by atoms with E-state index in [1.54, 1.807) is 0 Å². The lowest BCUT2D eigenvalue weighted by atomic mass is 9.79. The van der Waals surface area contributed by atoms with Crippen molar-refractivity contribution in [3.8, 4) is 11.8 Å². The summed E-state index contributed by atoms with van der Waals surface area (Å²) in [6.07, 6.45) is 17.8. The molecule has 0 aromatic rings. The molecule has 170 valence electrons. The Bertz CT molecular complexity index is 553. The monoisotopic (exact) mass is 418 g/mol. The number of rotatable bonds is 7. The number of hydrogen-bond acceptors (Lipinski definition) is 2. The largest absolute Gasteiger partial charge is 0.462 e. The molecule has 0 aromatic carbocycles. The van der Waals surface area contributed by atoms with Gasteiger partial charge in [-0.1, -0.05) is 50.9 Å². The average Bonchev–Trinajstić information content (AvgIpc) is 2.78. The van der Waals surface area contributed by atoms with Gasteiger partial charge in [-0.2, -0.15) is 0 Å². The molecule has 0 bridgehead atoms. The van der Waals surface area contributed by atoms with Gasteiger partial charge in [-0.3, -0.25) is 4.79 Å². The van der Waals surface area contributed by atoms with Gasteiger partial charge in [-0.25, -0.2) is 4.39 Å². The lowest BCUT2D eigenvalue weighted by Gasteiger charge is -2.29. The van der Waals surface area contributed by atoms with Gasteiger partial charge in [-0.15, -0.1) is 0 Å². The molecule has 3 saturated carbocycles. The number of alkyl halides is 1. The number of carbonyl (C=O) groups is 1. The predicted octanol–water partition coefficient (Wildman–Crippen LogP) is 7.40. The second kappa shape index (κ2) is 12.7. The predicted molar refractivity (Wildman–Crippen MR) is 121 cm³/mol. The van der Waals surface area contributed by atoms with E-state index in [4.69, 9.17) is 4.74 Å². The number of halogens is 1. The van der Waals surface area contributed by atoms with Gasteiger partial charge in [0.2, 0.25) is 0 Å². The normalized spacial score (nSPS) is 34.6. The maximum Gasteiger partial charge on any atom is 0.309 e. The first kappa shape index (κ1) is 23.6. The quantitative estimate of drug-likeness (QED) is 0.245. The second-order valence-electron chi connectivity index (χ2n) is 10.2. The number of esters is 1. The van der Waals surface area contributed by atoms with Crippen LogP contribution in [0.15, 0.2) is 0 Å². The highest BCUT2D eigenvalue weighted by atomic mass is 19.1. The lowest BCUT2D eigenvalue weighted by Crippen LogP contribution is -2.30. The van der Waals surface area contributed by atoms with E-state index in [2.05, 4.69) is 18.8 Å². The standard InChI is InChI=1S/C27H43FO2/c1-2-3-4-5-6-21-7-9-22(10-8-21)11-12-23-13-15-24(16-14-23)27(29)30-26-19-17-25(28)18-20-26/h21-26H,2-10,13-20H2,1H3. The van der Waals surface area contributed by atoms with Crippen molar-refractivity contribution < 1.29 is 13.9 Å².